The Morgan fingerprint density at radius 1 is 1.12 bits per heavy atom. The average molecular weight is 340 g/mol. The summed E-state index contributed by atoms with van der Waals surface area (Å²) in [6, 6.07) is 11.2. The monoisotopic (exact) mass is 340 g/mol. The predicted molar refractivity (Wildman–Crippen MR) is 93.4 cm³/mol. The zero-order valence-corrected chi connectivity index (χ0v) is 13.6. The number of non-ortho nitro benzene ring substituents is 1. The topological polar surface area (TPSA) is 114 Å². The highest BCUT2D eigenvalue weighted by molar-refractivity contribution is 6.39. The first kappa shape index (κ1) is 17.8. The van der Waals surface area contributed by atoms with Gasteiger partial charge in [0.25, 0.3) is 5.69 Å². The molecular weight excluding hydrogens is 324 g/mol. The number of nitrogens with one attached hydrogen (secondary N) is 2. The predicted octanol–water partition coefficient (Wildman–Crippen LogP) is 2.30. The second-order valence-corrected chi connectivity index (χ2v) is 5.32. The molecule has 2 aromatic carbocycles. The third-order valence-corrected chi connectivity index (χ3v) is 3.31. The van der Waals surface area contributed by atoms with Crippen molar-refractivity contribution in [3.63, 3.8) is 0 Å². The van der Waals surface area contributed by atoms with Gasteiger partial charge in [-0.1, -0.05) is 24.3 Å². The maximum Gasteiger partial charge on any atom is 0.329 e. The van der Waals surface area contributed by atoms with Crippen molar-refractivity contribution >= 4 is 29.4 Å². The van der Waals surface area contributed by atoms with Gasteiger partial charge in [0.2, 0.25) is 0 Å². The number of aryl methyl sites for hydroxylation is 2. The maximum atomic E-state index is 11.9. The Morgan fingerprint density at radius 2 is 1.88 bits per heavy atom. The van der Waals surface area contributed by atoms with Crippen LogP contribution in [0.2, 0.25) is 0 Å². The number of carbonyl (C=O) groups excluding carboxylic acids is 2. The number of hydrogen-bond acceptors (Lipinski definition) is 5. The number of hydrogen-bond donors (Lipinski definition) is 2. The fourth-order valence-electron chi connectivity index (χ4n) is 1.98. The van der Waals surface area contributed by atoms with Gasteiger partial charge in [0.15, 0.2) is 0 Å². The van der Waals surface area contributed by atoms with E-state index in [1.165, 1.54) is 24.4 Å². The highest BCUT2D eigenvalue weighted by Gasteiger charge is 2.14. The van der Waals surface area contributed by atoms with E-state index in [0.717, 1.165) is 11.1 Å². The fraction of sp³-hybridized carbons (Fsp3) is 0.118. The SMILES string of the molecule is Cc1ccc(C)c(NC(=O)C(=O)N/N=C\c2cccc([N+](=O)[O-])c2)c1. The Kier molecular flexibility index (Phi) is 5.57. The lowest BCUT2D eigenvalue weighted by atomic mass is 10.1. The van der Waals surface area contributed by atoms with Crippen molar-refractivity contribution < 1.29 is 14.5 Å². The second-order valence-electron chi connectivity index (χ2n) is 5.32. The van der Waals surface area contributed by atoms with Gasteiger partial charge in [-0.15, -0.1) is 0 Å². The summed E-state index contributed by atoms with van der Waals surface area (Å²) in [7, 11) is 0. The highest BCUT2D eigenvalue weighted by atomic mass is 16.6. The molecule has 0 spiro atoms. The number of nitro benzene ring substituents is 1. The molecule has 0 aliphatic rings. The van der Waals surface area contributed by atoms with Crippen LogP contribution in [-0.2, 0) is 9.59 Å². The molecule has 0 bridgehead atoms. The van der Waals surface area contributed by atoms with E-state index in [4.69, 9.17) is 0 Å². The summed E-state index contributed by atoms with van der Waals surface area (Å²) in [6.45, 7) is 3.69. The summed E-state index contributed by atoms with van der Waals surface area (Å²) in [4.78, 5) is 33.8. The standard InChI is InChI=1S/C17H16N4O4/c1-11-6-7-12(2)15(8-11)19-16(22)17(23)20-18-10-13-4-3-5-14(9-13)21(24)25/h3-10H,1-2H3,(H,19,22)(H,20,23)/b18-10-. The van der Waals surface area contributed by atoms with Crippen molar-refractivity contribution in [3.8, 4) is 0 Å². The van der Waals surface area contributed by atoms with Gasteiger partial charge >= 0.3 is 11.8 Å². The van der Waals surface area contributed by atoms with Crippen molar-refractivity contribution in [2.75, 3.05) is 5.32 Å². The minimum atomic E-state index is -0.942. The van der Waals surface area contributed by atoms with Gasteiger partial charge < -0.3 is 5.32 Å². The summed E-state index contributed by atoms with van der Waals surface area (Å²) in [5.41, 5.74) is 4.73. The van der Waals surface area contributed by atoms with E-state index >= 15 is 0 Å². The number of benzene rings is 2. The molecule has 0 atom stereocenters. The van der Waals surface area contributed by atoms with E-state index < -0.39 is 16.7 Å². The van der Waals surface area contributed by atoms with Crippen LogP contribution < -0.4 is 10.7 Å². The number of carbonyl (C=O) groups is 2. The molecule has 0 heterocycles. The molecule has 0 aliphatic carbocycles. The van der Waals surface area contributed by atoms with Gasteiger partial charge in [0.05, 0.1) is 11.1 Å². The van der Waals surface area contributed by atoms with E-state index in [1.54, 1.807) is 12.1 Å². The third kappa shape index (κ3) is 4.96. The molecule has 8 heteroatoms. The number of anilines is 1. The Bertz CT molecular complexity index is 861. The minimum absolute atomic E-state index is 0.0945. The first-order valence-corrected chi connectivity index (χ1v) is 7.33. The Balaban J connectivity index is 1.97. The number of nitro groups is 1. The quantitative estimate of drug-likeness (QED) is 0.385. The van der Waals surface area contributed by atoms with Crippen LogP contribution in [0.1, 0.15) is 16.7 Å². The van der Waals surface area contributed by atoms with Crippen LogP contribution in [0, 0.1) is 24.0 Å². The van der Waals surface area contributed by atoms with Crippen molar-refractivity contribution in [3.05, 3.63) is 69.3 Å². The van der Waals surface area contributed by atoms with Crippen LogP contribution in [0.5, 0.6) is 0 Å². The summed E-state index contributed by atoms with van der Waals surface area (Å²) in [5.74, 6) is -1.80. The van der Waals surface area contributed by atoms with Crippen molar-refractivity contribution in [1.82, 2.24) is 5.43 Å². The van der Waals surface area contributed by atoms with Crippen molar-refractivity contribution in [2.45, 2.75) is 13.8 Å². The molecule has 128 valence electrons. The molecule has 0 saturated heterocycles. The average Bonchev–Trinajstić information content (AvgIpc) is 2.58. The number of rotatable bonds is 4. The molecule has 0 radical (unpaired) electrons. The molecule has 25 heavy (non-hydrogen) atoms. The highest BCUT2D eigenvalue weighted by Crippen LogP contribution is 2.16. The summed E-state index contributed by atoms with van der Waals surface area (Å²) in [6.07, 6.45) is 1.22. The van der Waals surface area contributed by atoms with Gasteiger partial charge in [-0.2, -0.15) is 5.10 Å². The zero-order valence-electron chi connectivity index (χ0n) is 13.6. The lowest BCUT2D eigenvalue weighted by Gasteiger charge is -2.08. The van der Waals surface area contributed by atoms with Crippen LogP contribution >= 0.6 is 0 Å². The largest absolute Gasteiger partial charge is 0.329 e. The third-order valence-electron chi connectivity index (χ3n) is 3.31. The number of hydrazone groups is 1. The maximum absolute atomic E-state index is 11.9. The minimum Gasteiger partial charge on any atom is -0.317 e. The van der Waals surface area contributed by atoms with E-state index in [1.807, 2.05) is 26.0 Å². The molecular formula is C17H16N4O4. The summed E-state index contributed by atoms with van der Waals surface area (Å²) >= 11 is 0. The van der Waals surface area contributed by atoms with Crippen LogP contribution in [-0.4, -0.2) is 23.0 Å². The molecule has 0 unspecified atom stereocenters. The van der Waals surface area contributed by atoms with Gasteiger partial charge in [-0.05, 0) is 31.0 Å². The Morgan fingerprint density at radius 3 is 2.60 bits per heavy atom. The second kappa shape index (κ2) is 7.82. The van der Waals surface area contributed by atoms with Crippen molar-refractivity contribution in [2.24, 2.45) is 5.10 Å². The van der Waals surface area contributed by atoms with Gasteiger partial charge in [0, 0.05) is 23.4 Å². The number of amides is 2. The number of nitrogens with zero attached hydrogens (tertiary/aromatic N) is 2. The van der Waals surface area contributed by atoms with E-state index in [0.29, 0.717) is 11.3 Å². The molecule has 2 rings (SSSR count). The van der Waals surface area contributed by atoms with E-state index in [9.17, 15) is 19.7 Å². The fourth-order valence-corrected chi connectivity index (χ4v) is 1.98. The first-order valence-electron chi connectivity index (χ1n) is 7.33. The smallest absolute Gasteiger partial charge is 0.317 e. The van der Waals surface area contributed by atoms with Gasteiger partial charge in [0.1, 0.15) is 0 Å². The Labute approximate surface area is 143 Å². The van der Waals surface area contributed by atoms with Gasteiger partial charge in [-0.3, -0.25) is 19.7 Å². The van der Waals surface area contributed by atoms with E-state index in [-0.39, 0.29) is 5.69 Å². The molecule has 8 nitrogen and oxygen atoms in total. The molecule has 2 amide bonds. The van der Waals surface area contributed by atoms with Gasteiger partial charge in [-0.25, -0.2) is 5.43 Å². The summed E-state index contributed by atoms with van der Waals surface area (Å²) in [5, 5.41) is 16.8. The van der Waals surface area contributed by atoms with Crippen LogP contribution in [0.3, 0.4) is 0 Å². The van der Waals surface area contributed by atoms with Crippen LogP contribution in [0.25, 0.3) is 0 Å². The molecule has 0 aliphatic heterocycles. The lowest BCUT2D eigenvalue weighted by molar-refractivity contribution is -0.384. The zero-order chi connectivity index (χ0) is 18.4. The first-order chi connectivity index (χ1) is 11.9. The molecule has 2 aromatic rings. The normalized spacial score (nSPS) is 10.5. The van der Waals surface area contributed by atoms with Crippen molar-refractivity contribution in [1.29, 1.82) is 0 Å². The molecule has 0 aromatic heterocycles. The van der Waals surface area contributed by atoms with Crippen LogP contribution in [0.15, 0.2) is 47.6 Å². The lowest BCUT2D eigenvalue weighted by Crippen LogP contribution is -2.32. The Hall–Kier alpha value is -3.55. The van der Waals surface area contributed by atoms with E-state index in [2.05, 4.69) is 15.8 Å². The molecule has 0 fully saturated rings. The molecule has 0 saturated carbocycles. The molecule has 2 N–H and O–H groups in total. The van der Waals surface area contributed by atoms with Crippen LogP contribution in [0.4, 0.5) is 11.4 Å². The summed E-state index contributed by atoms with van der Waals surface area (Å²) < 4.78 is 0.